The fourth-order valence-electron chi connectivity index (χ4n) is 3.97. The number of benzene rings is 1. The van der Waals surface area contributed by atoms with E-state index in [4.69, 9.17) is 15.2 Å². The van der Waals surface area contributed by atoms with Crippen LogP contribution in [0.5, 0.6) is 17.6 Å². The van der Waals surface area contributed by atoms with Crippen molar-refractivity contribution in [3.63, 3.8) is 0 Å². The average molecular weight is 490 g/mol. The summed E-state index contributed by atoms with van der Waals surface area (Å²) in [5, 5.41) is 3.56. The summed E-state index contributed by atoms with van der Waals surface area (Å²) in [7, 11) is 0. The second kappa shape index (κ2) is 10.8. The van der Waals surface area contributed by atoms with E-state index < -0.39 is 0 Å². The molecule has 1 aliphatic rings. The van der Waals surface area contributed by atoms with Crippen molar-refractivity contribution in [1.82, 2.24) is 29.8 Å². The molecule has 4 aromatic rings. The van der Waals surface area contributed by atoms with Gasteiger partial charge in [-0.1, -0.05) is 38.0 Å². The molecule has 1 saturated carbocycles. The number of H-pyrrole nitrogens is 1. The van der Waals surface area contributed by atoms with Crippen LogP contribution in [-0.2, 0) is 13.1 Å². The van der Waals surface area contributed by atoms with Crippen molar-refractivity contribution in [3.8, 4) is 17.6 Å². The number of hydrogen-bond donors (Lipinski definition) is 3. The molecule has 3 heterocycles. The lowest BCUT2D eigenvalue weighted by molar-refractivity contribution is 0.286. The van der Waals surface area contributed by atoms with Gasteiger partial charge >= 0.3 is 11.7 Å². The molecule has 10 heteroatoms. The number of pyridine rings is 1. The number of imidazole rings is 1. The van der Waals surface area contributed by atoms with Gasteiger partial charge in [0, 0.05) is 24.8 Å². The van der Waals surface area contributed by atoms with Crippen LogP contribution in [0.3, 0.4) is 0 Å². The van der Waals surface area contributed by atoms with Gasteiger partial charge in [-0.2, -0.15) is 9.97 Å². The number of hydrogen-bond acceptors (Lipinski definition) is 8. The Balaban J connectivity index is 1.24. The van der Waals surface area contributed by atoms with Gasteiger partial charge in [-0.05, 0) is 42.5 Å². The standard InChI is InChI=1S/C26H31N7O3/c1-2-3-13-35-25-31-23(27)22-24(32-25)33(26(34)30-22)16-18-9-12-21(29-15-18)36-20-10-7-17(8-11-20)14-28-19-5-4-6-19/h7-12,15,19,28H,2-6,13-14,16H2,1H3,(H,30,34)(H2,27,31,32). The Bertz CT molecular complexity index is 1360. The van der Waals surface area contributed by atoms with Crippen LogP contribution in [0.4, 0.5) is 5.82 Å². The highest BCUT2D eigenvalue weighted by molar-refractivity contribution is 5.81. The molecule has 0 amide bonds. The summed E-state index contributed by atoms with van der Waals surface area (Å²) in [5.74, 6) is 1.37. The third-order valence-corrected chi connectivity index (χ3v) is 6.34. The van der Waals surface area contributed by atoms with Crippen molar-refractivity contribution in [3.05, 3.63) is 64.2 Å². The van der Waals surface area contributed by atoms with Crippen LogP contribution in [0, 0.1) is 0 Å². The maximum atomic E-state index is 12.6. The van der Waals surface area contributed by atoms with E-state index in [9.17, 15) is 4.79 Å². The van der Waals surface area contributed by atoms with Crippen molar-refractivity contribution in [2.24, 2.45) is 0 Å². The first-order chi connectivity index (χ1) is 17.6. The Kier molecular flexibility index (Phi) is 7.13. The fourth-order valence-corrected chi connectivity index (χ4v) is 3.97. The van der Waals surface area contributed by atoms with Gasteiger partial charge in [-0.25, -0.2) is 9.78 Å². The van der Waals surface area contributed by atoms with Crippen LogP contribution in [0.25, 0.3) is 11.2 Å². The fraction of sp³-hybridized carbons (Fsp3) is 0.385. The summed E-state index contributed by atoms with van der Waals surface area (Å²) < 4.78 is 13.0. The number of rotatable bonds is 11. The molecule has 3 aromatic heterocycles. The minimum Gasteiger partial charge on any atom is -0.463 e. The Labute approximate surface area is 208 Å². The van der Waals surface area contributed by atoms with Crippen LogP contribution in [0.1, 0.15) is 50.2 Å². The van der Waals surface area contributed by atoms with Crippen molar-refractivity contribution in [2.75, 3.05) is 12.3 Å². The Morgan fingerprint density at radius 1 is 1.14 bits per heavy atom. The Morgan fingerprint density at radius 2 is 1.94 bits per heavy atom. The number of ether oxygens (including phenoxy) is 2. The summed E-state index contributed by atoms with van der Waals surface area (Å²) in [5.41, 5.74) is 8.53. The van der Waals surface area contributed by atoms with E-state index in [0.717, 1.165) is 30.7 Å². The number of nitrogens with zero attached hydrogens (tertiary/aromatic N) is 4. The summed E-state index contributed by atoms with van der Waals surface area (Å²) in [6.45, 7) is 3.69. The van der Waals surface area contributed by atoms with Crippen molar-refractivity contribution >= 4 is 17.0 Å². The van der Waals surface area contributed by atoms with E-state index in [1.165, 1.54) is 29.4 Å². The van der Waals surface area contributed by atoms with Crippen LogP contribution < -0.4 is 26.2 Å². The molecule has 1 aliphatic carbocycles. The molecule has 0 spiro atoms. The zero-order valence-electron chi connectivity index (χ0n) is 20.4. The molecule has 5 rings (SSSR count). The van der Waals surface area contributed by atoms with Gasteiger partial charge in [-0.15, -0.1) is 0 Å². The van der Waals surface area contributed by atoms with Gasteiger partial charge in [0.25, 0.3) is 0 Å². The maximum Gasteiger partial charge on any atom is 0.328 e. The van der Waals surface area contributed by atoms with Crippen LogP contribution in [0.2, 0.25) is 0 Å². The van der Waals surface area contributed by atoms with E-state index in [1.54, 1.807) is 12.3 Å². The lowest BCUT2D eigenvalue weighted by Gasteiger charge is -2.26. The van der Waals surface area contributed by atoms with Crippen LogP contribution in [0.15, 0.2) is 47.4 Å². The molecular weight excluding hydrogens is 458 g/mol. The molecule has 1 aromatic carbocycles. The minimum atomic E-state index is -0.330. The number of unbranched alkanes of at least 4 members (excludes halogenated alkanes) is 1. The molecule has 0 bridgehead atoms. The molecular formula is C26H31N7O3. The zero-order valence-corrected chi connectivity index (χ0v) is 20.4. The number of aromatic amines is 1. The summed E-state index contributed by atoms with van der Waals surface area (Å²) in [4.78, 5) is 28.3. The van der Waals surface area contributed by atoms with Gasteiger partial charge < -0.3 is 25.5 Å². The second-order valence-electron chi connectivity index (χ2n) is 9.07. The molecule has 1 fully saturated rings. The maximum absolute atomic E-state index is 12.6. The van der Waals surface area contributed by atoms with Gasteiger partial charge in [0.15, 0.2) is 11.5 Å². The summed E-state index contributed by atoms with van der Waals surface area (Å²) >= 11 is 0. The van der Waals surface area contributed by atoms with Gasteiger partial charge in [-0.3, -0.25) is 4.57 Å². The molecule has 4 N–H and O–H groups in total. The van der Waals surface area contributed by atoms with Gasteiger partial charge in [0.05, 0.1) is 13.2 Å². The van der Waals surface area contributed by atoms with E-state index in [2.05, 4.69) is 44.3 Å². The predicted octanol–water partition coefficient (Wildman–Crippen LogP) is 3.76. The lowest BCUT2D eigenvalue weighted by atomic mass is 9.93. The first-order valence-corrected chi connectivity index (χ1v) is 12.4. The Morgan fingerprint density at radius 3 is 2.64 bits per heavy atom. The molecule has 0 atom stereocenters. The van der Waals surface area contributed by atoms with E-state index in [1.807, 2.05) is 18.2 Å². The number of nitrogen functional groups attached to an aromatic ring is 1. The van der Waals surface area contributed by atoms with Gasteiger partial charge in [0.1, 0.15) is 11.3 Å². The number of fused-ring (bicyclic) bond motifs is 1. The monoisotopic (exact) mass is 489 g/mol. The molecule has 10 nitrogen and oxygen atoms in total. The highest BCUT2D eigenvalue weighted by atomic mass is 16.5. The highest BCUT2D eigenvalue weighted by Gasteiger charge is 2.16. The lowest BCUT2D eigenvalue weighted by Crippen LogP contribution is -2.34. The molecule has 0 aliphatic heterocycles. The first-order valence-electron chi connectivity index (χ1n) is 12.4. The molecule has 0 unspecified atom stereocenters. The third-order valence-electron chi connectivity index (χ3n) is 6.34. The van der Waals surface area contributed by atoms with Crippen molar-refractivity contribution in [2.45, 2.75) is 58.2 Å². The number of nitrogens with two attached hydrogens (primary N) is 1. The number of nitrogens with one attached hydrogen (secondary N) is 2. The summed E-state index contributed by atoms with van der Waals surface area (Å²) in [6, 6.07) is 12.5. The van der Waals surface area contributed by atoms with Crippen LogP contribution >= 0.6 is 0 Å². The quantitative estimate of drug-likeness (QED) is 0.271. The molecule has 0 radical (unpaired) electrons. The minimum absolute atomic E-state index is 0.160. The topological polar surface area (TPSA) is 133 Å². The predicted molar refractivity (Wildman–Crippen MR) is 137 cm³/mol. The number of anilines is 1. The SMILES string of the molecule is CCCCOc1nc(N)c2[nH]c(=O)n(Cc3ccc(Oc4ccc(CNC5CCC5)cc4)nc3)c2n1. The molecule has 36 heavy (non-hydrogen) atoms. The van der Waals surface area contributed by atoms with E-state index in [-0.39, 0.29) is 24.1 Å². The Hall–Kier alpha value is -3.92. The molecule has 0 saturated heterocycles. The highest BCUT2D eigenvalue weighted by Crippen LogP contribution is 2.23. The van der Waals surface area contributed by atoms with E-state index >= 15 is 0 Å². The molecule has 188 valence electrons. The smallest absolute Gasteiger partial charge is 0.328 e. The largest absolute Gasteiger partial charge is 0.463 e. The summed E-state index contributed by atoms with van der Waals surface area (Å²) in [6.07, 6.45) is 7.42. The number of aromatic nitrogens is 5. The first kappa shape index (κ1) is 23.8. The normalized spacial score (nSPS) is 13.6. The van der Waals surface area contributed by atoms with Crippen molar-refractivity contribution in [1.29, 1.82) is 0 Å². The zero-order chi connectivity index (χ0) is 24.9. The van der Waals surface area contributed by atoms with E-state index in [0.29, 0.717) is 29.7 Å². The average Bonchev–Trinajstić information content (AvgIpc) is 3.16. The third kappa shape index (κ3) is 5.49. The van der Waals surface area contributed by atoms with Crippen LogP contribution in [-0.4, -0.2) is 37.2 Å². The van der Waals surface area contributed by atoms with Gasteiger partial charge in [0.2, 0.25) is 5.88 Å². The second-order valence-corrected chi connectivity index (χ2v) is 9.07. The van der Waals surface area contributed by atoms with Crippen molar-refractivity contribution < 1.29 is 9.47 Å².